The molecular formula is C22H30ClN3O2S. The fraction of sp³-hybridized carbons (Fsp3) is 0.455. The summed E-state index contributed by atoms with van der Waals surface area (Å²) in [5.74, 6) is 0. The van der Waals surface area contributed by atoms with E-state index in [0.717, 1.165) is 42.7 Å². The Hall–Kier alpha value is -1.60. The molecule has 1 atom stereocenters. The minimum Gasteiger partial charge on any atom is -0.378 e. The number of sulfonamides is 1. The second-order valence-corrected chi connectivity index (χ2v) is 10.1. The smallest absolute Gasteiger partial charge is 0.240 e. The highest BCUT2D eigenvalue weighted by Gasteiger charge is 2.26. The number of hydrogen-bond donors (Lipinski definition) is 1. The van der Waals surface area contributed by atoms with Gasteiger partial charge in [-0.05, 0) is 80.7 Å². The average Bonchev–Trinajstić information content (AvgIpc) is 3.19. The van der Waals surface area contributed by atoms with Crippen LogP contribution in [0.15, 0.2) is 41.3 Å². The molecule has 1 aliphatic rings. The molecule has 0 radical (unpaired) electrons. The van der Waals surface area contributed by atoms with Crippen molar-refractivity contribution in [3.05, 3.63) is 58.1 Å². The van der Waals surface area contributed by atoms with Crippen LogP contribution >= 0.6 is 11.6 Å². The van der Waals surface area contributed by atoms with E-state index in [2.05, 4.69) is 38.8 Å². The lowest BCUT2D eigenvalue weighted by atomic mass is 10.1. The summed E-state index contributed by atoms with van der Waals surface area (Å²) in [5, 5.41) is 0.581. The van der Waals surface area contributed by atoms with Gasteiger partial charge in [-0.3, -0.25) is 4.90 Å². The van der Waals surface area contributed by atoms with Gasteiger partial charge in [0, 0.05) is 37.4 Å². The summed E-state index contributed by atoms with van der Waals surface area (Å²) >= 11 is 6.14. The van der Waals surface area contributed by atoms with Crippen LogP contribution in [0.1, 0.15) is 35.6 Å². The lowest BCUT2D eigenvalue weighted by molar-refractivity contribution is 0.246. The molecular weight excluding hydrogens is 406 g/mol. The Labute approximate surface area is 179 Å². The van der Waals surface area contributed by atoms with E-state index in [9.17, 15) is 8.42 Å². The van der Waals surface area contributed by atoms with Crippen LogP contribution in [0.4, 0.5) is 5.69 Å². The first-order valence-electron chi connectivity index (χ1n) is 9.97. The number of nitrogens with one attached hydrogen (secondary N) is 1. The van der Waals surface area contributed by atoms with Gasteiger partial charge < -0.3 is 4.90 Å². The molecule has 158 valence electrons. The molecule has 2 aromatic rings. The second-order valence-electron chi connectivity index (χ2n) is 7.96. The number of benzene rings is 2. The van der Waals surface area contributed by atoms with E-state index in [1.165, 1.54) is 0 Å². The normalized spacial score (nSPS) is 16.2. The molecule has 1 heterocycles. The summed E-state index contributed by atoms with van der Waals surface area (Å²) in [7, 11) is 0.395. The highest BCUT2D eigenvalue weighted by atomic mass is 35.5. The molecule has 7 heteroatoms. The van der Waals surface area contributed by atoms with Crippen LogP contribution in [-0.4, -0.2) is 47.0 Å². The van der Waals surface area contributed by atoms with Gasteiger partial charge in [-0.25, -0.2) is 13.1 Å². The third-order valence-corrected chi connectivity index (χ3v) is 7.56. The van der Waals surface area contributed by atoms with Crippen molar-refractivity contribution in [3.63, 3.8) is 0 Å². The number of halogens is 1. The molecule has 1 aliphatic heterocycles. The summed E-state index contributed by atoms with van der Waals surface area (Å²) in [6.07, 6.45) is 2.29. The molecule has 0 aromatic heterocycles. The Balaban J connectivity index is 1.84. The lowest BCUT2D eigenvalue weighted by Crippen LogP contribution is -2.37. The topological polar surface area (TPSA) is 52.7 Å². The van der Waals surface area contributed by atoms with Crippen molar-refractivity contribution in [2.45, 2.75) is 37.6 Å². The first-order valence-corrected chi connectivity index (χ1v) is 11.8. The van der Waals surface area contributed by atoms with E-state index in [0.29, 0.717) is 22.0 Å². The van der Waals surface area contributed by atoms with Gasteiger partial charge in [0.1, 0.15) is 0 Å². The molecule has 1 N–H and O–H groups in total. The molecule has 1 fully saturated rings. The summed E-state index contributed by atoms with van der Waals surface area (Å²) < 4.78 is 28.9. The van der Waals surface area contributed by atoms with Crippen LogP contribution in [0, 0.1) is 13.8 Å². The van der Waals surface area contributed by atoms with Crippen LogP contribution in [0.3, 0.4) is 0 Å². The molecule has 29 heavy (non-hydrogen) atoms. The van der Waals surface area contributed by atoms with E-state index in [1.807, 2.05) is 21.0 Å². The predicted octanol–water partition coefficient (Wildman–Crippen LogP) is 4.14. The monoisotopic (exact) mass is 435 g/mol. The van der Waals surface area contributed by atoms with Crippen molar-refractivity contribution in [3.8, 4) is 0 Å². The van der Waals surface area contributed by atoms with Crippen LogP contribution in [0.5, 0.6) is 0 Å². The van der Waals surface area contributed by atoms with E-state index >= 15 is 0 Å². The Bertz CT molecular complexity index is 953. The van der Waals surface area contributed by atoms with Crippen LogP contribution in [0.2, 0.25) is 5.02 Å². The number of nitrogens with zero attached hydrogens (tertiary/aromatic N) is 2. The summed E-state index contributed by atoms with van der Waals surface area (Å²) in [5.41, 5.74) is 3.67. The van der Waals surface area contributed by atoms with Crippen molar-refractivity contribution in [2.75, 3.05) is 38.6 Å². The molecule has 0 amide bonds. The fourth-order valence-corrected chi connectivity index (χ4v) is 5.38. The summed E-state index contributed by atoms with van der Waals surface area (Å²) in [6, 6.07) is 11.7. The third-order valence-electron chi connectivity index (χ3n) is 5.59. The molecule has 0 saturated carbocycles. The zero-order chi connectivity index (χ0) is 21.2. The minimum atomic E-state index is -3.63. The third kappa shape index (κ3) is 5.12. The molecule has 0 bridgehead atoms. The van der Waals surface area contributed by atoms with Gasteiger partial charge in [0.2, 0.25) is 10.0 Å². The Morgan fingerprint density at radius 1 is 1.07 bits per heavy atom. The van der Waals surface area contributed by atoms with Crippen molar-refractivity contribution >= 4 is 27.3 Å². The highest BCUT2D eigenvalue weighted by molar-refractivity contribution is 7.89. The van der Waals surface area contributed by atoms with E-state index in [4.69, 9.17) is 11.6 Å². The first-order chi connectivity index (χ1) is 13.7. The Kier molecular flexibility index (Phi) is 6.89. The lowest BCUT2D eigenvalue weighted by Gasteiger charge is -2.28. The standard InChI is InChI=1S/C22H30ClN3O2S/c1-16-14-22(17(2)13-20(16)23)29(27,28)24-15-21(26-11-5-6-12-26)18-7-9-19(10-8-18)25(3)4/h7-10,13-14,21,24H,5-6,11-12,15H2,1-4H3. The SMILES string of the molecule is Cc1cc(S(=O)(=O)NCC(c2ccc(N(C)C)cc2)N2CCCC2)c(C)cc1Cl. The largest absolute Gasteiger partial charge is 0.378 e. The number of anilines is 1. The second kappa shape index (κ2) is 9.04. The molecule has 0 aliphatic carbocycles. The summed E-state index contributed by atoms with van der Waals surface area (Å²) in [4.78, 5) is 4.72. The zero-order valence-electron chi connectivity index (χ0n) is 17.6. The van der Waals surface area contributed by atoms with Gasteiger partial charge in [-0.1, -0.05) is 23.7 Å². The van der Waals surface area contributed by atoms with E-state index in [-0.39, 0.29) is 6.04 Å². The fourth-order valence-electron chi connectivity index (χ4n) is 3.82. The molecule has 3 rings (SSSR count). The number of rotatable bonds is 7. The molecule has 5 nitrogen and oxygen atoms in total. The Morgan fingerprint density at radius 2 is 1.69 bits per heavy atom. The van der Waals surface area contributed by atoms with Crippen LogP contribution in [0.25, 0.3) is 0 Å². The maximum Gasteiger partial charge on any atom is 0.240 e. The van der Waals surface area contributed by atoms with Crippen LogP contribution < -0.4 is 9.62 Å². The number of hydrogen-bond acceptors (Lipinski definition) is 4. The minimum absolute atomic E-state index is 0.0113. The highest BCUT2D eigenvalue weighted by Crippen LogP contribution is 2.28. The summed E-state index contributed by atoms with van der Waals surface area (Å²) in [6.45, 7) is 5.91. The van der Waals surface area contributed by atoms with Crippen LogP contribution in [-0.2, 0) is 10.0 Å². The first kappa shape index (κ1) is 22.1. The quantitative estimate of drug-likeness (QED) is 0.710. The molecule has 1 unspecified atom stereocenters. The van der Waals surface area contributed by atoms with Crippen molar-refractivity contribution in [2.24, 2.45) is 0 Å². The van der Waals surface area contributed by atoms with E-state index in [1.54, 1.807) is 19.1 Å². The maximum absolute atomic E-state index is 13.0. The van der Waals surface area contributed by atoms with Gasteiger partial charge in [-0.2, -0.15) is 0 Å². The van der Waals surface area contributed by atoms with Gasteiger partial charge in [-0.15, -0.1) is 0 Å². The Morgan fingerprint density at radius 3 is 2.28 bits per heavy atom. The van der Waals surface area contributed by atoms with Gasteiger partial charge >= 0.3 is 0 Å². The molecule has 2 aromatic carbocycles. The van der Waals surface area contributed by atoms with Gasteiger partial charge in [0.15, 0.2) is 0 Å². The van der Waals surface area contributed by atoms with Gasteiger partial charge in [0.05, 0.1) is 4.90 Å². The predicted molar refractivity (Wildman–Crippen MR) is 120 cm³/mol. The zero-order valence-corrected chi connectivity index (χ0v) is 19.1. The maximum atomic E-state index is 13.0. The average molecular weight is 436 g/mol. The molecule has 1 saturated heterocycles. The van der Waals surface area contributed by atoms with Crippen molar-refractivity contribution in [1.29, 1.82) is 0 Å². The van der Waals surface area contributed by atoms with Gasteiger partial charge in [0.25, 0.3) is 0 Å². The molecule has 0 spiro atoms. The van der Waals surface area contributed by atoms with Crippen molar-refractivity contribution in [1.82, 2.24) is 9.62 Å². The van der Waals surface area contributed by atoms with E-state index < -0.39 is 10.0 Å². The number of aryl methyl sites for hydroxylation is 2. The number of likely N-dealkylation sites (tertiary alicyclic amines) is 1. The van der Waals surface area contributed by atoms with Crippen molar-refractivity contribution < 1.29 is 8.42 Å².